The van der Waals surface area contributed by atoms with Crippen molar-refractivity contribution in [3.63, 3.8) is 0 Å². The molecule has 32 heavy (non-hydrogen) atoms. The van der Waals surface area contributed by atoms with E-state index in [0.29, 0.717) is 28.2 Å². The van der Waals surface area contributed by atoms with Crippen molar-refractivity contribution < 1.29 is 4.39 Å². The minimum absolute atomic E-state index is 0.118. The molecule has 0 fully saturated rings. The lowest BCUT2D eigenvalue weighted by Gasteiger charge is -2.18. The van der Waals surface area contributed by atoms with Crippen LogP contribution in [-0.4, -0.2) is 25.9 Å². The van der Waals surface area contributed by atoms with Crippen molar-refractivity contribution in [2.45, 2.75) is 39.8 Å². The Labute approximate surface area is 184 Å². The number of hydrogen-bond acceptors (Lipinski definition) is 5. The quantitative estimate of drug-likeness (QED) is 0.510. The van der Waals surface area contributed by atoms with Gasteiger partial charge in [-0.3, -0.25) is 4.79 Å². The summed E-state index contributed by atoms with van der Waals surface area (Å²) < 4.78 is 17.3. The Hall–Kier alpha value is -3.52. The van der Waals surface area contributed by atoms with Gasteiger partial charge in [0.15, 0.2) is 5.65 Å². The first-order valence-corrected chi connectivity index (χ1v) is 10.8. The van der Waals surface area contributed by atoms with E-state index in [1.807, 2.05) is 19.9 Å². The molecule has 2 N–H and O–H groups in total. The van der Waals surface area contributed by atoms with E-state index in [9.17, 15) is 9.18 Å². The summed E-state index contributed by atoms with van der Waals surface area (Å²) in [4.78, 5) is 22.2. The molecule has 1 aliphatic rings. The molecule has 0 saturated heterocycles. The number of aromatic nitrogens is 4. The topological polar surface area (TPSA) is 76.8 Å². The normalized spacial score (nSPS) is 13.5. The van der Waals surface area contributed by atoms with Gasteiger partial charge in [-0.25, -0.2) is 18.7 Å². The van der Waals surface area contributed by atoms with Gasteiger partial charge in [0.2, 0.25) is 5.95 Å². The molecule has 0 unspecified atom stereocenters. The zero-order chi connectivity index (χ0) is 22.4. The van der Waals surface area contributed by atoms with Gasteiger partial charge in [-0.2, -0.15) is 4.98 Å². The maximum Gasteiger partial charge on any atom is 0.278 e. The second-order valence-electron chi connectivity index (χ2n) is 8.45. The Morgan fingerprint density at radius 1 is 1.16 bits per heavy atom. The van der Waals surface area contributed by atoms with Crippen LogP contribution in [0.15, 0.2) is 47.4 Å². The molecule has 7 nitrogen and oxygen atoms in total. The summed E-state index contributed by atoms with van der Waals surface area (Å²) in [6.07, 6.45) is 2.53. The zero-order valence-electron chi connectivity index (χ0n) is 18.3. The van der Waals surface area contributed by atoms with Gasteiger partial charge in [-0.15, -0.1) is 0 Å². The zero-order valence-corrected chi connectivity index (χ0v) is 18.3. The average Bonchev–Trinajstić information content (AvgIpc) is 3.07. The highest BCUT2D eigenvalue weighted by atomic mass is 19.1. The lowest BCUT2D eigenvalue weighted by Crippen LogP contribution is -2.24. The van der Waals surface area contributed by atoms with E-state index < -0.39 is 0 Å². The van der Waals surface area contributed by atoms with Crippen LogP contribution in [-0.2, 0) is 13.0 Å². The summed E-state index contributed by atoms with van der Waals surface area (Å²) in [6.45, 7) is 7.41. The summed E-state index contributed by atoms with van der Waals surface area (Å²) in [5.74, 6) is 0.114. The van der Waals surface area contributed by atoms with Gasteiger partial charge in [0.05, 0.1) is 5.69 Å². The molecule has 1 aliphatic heterocycles. The van der Waals surface area contributed by atoms with Crippen molar-refractivity contribution in [1.29, 1.82) is 0 Å². The number of halogens is 1. The molecular formula is C24H25FN6O. The van der Waals surface area contributed by atoms with Gasteiger partial charge < -0.3 is 10.6 Å². The van der Waals surface area contributed by atoms with E-state index in [1.54, 1.807) is 34.6 Å². The van der Waals surface area contributed by atoms with Gasteiger partial charge in [0, 0.05) is 24.5 Å². The van der Waals surface area contributed by atoms with Crippen LogP contribution < -0.4 is 16.2 Å². The molecule has 0 amide bonds. The molecule has 3 heterocycles. The fourth-order valence-corrected chi connectivity index (χ4v) is 4.22. The second-order valence-corrected chi connectivity index (χ2v) is 8.45. The fraction of sp³-hybridized carbons (Fsp3) is 0.292. The first kappa shape index (κ1) is 20.4. The van der Waals surface area contributed by atoms with E-state index in [2.05, 4.69) is 32.7 Å². The summed E-state index contributed by atoms with van der Waals surface area (Å²) in [7, 11) is 0. The summed E-state index contributed by atoms with van der Waals surface area (Å²) >= 11 is 0. The number of fused-ring (bicyclic) bond motifs is 2. The molecule has 0 radical (unpaired) electrons. The van der Waals surface area contributed by atoms with Crippen molar-refractivity contribution in [3.05, 3.63) is 75.5 Å². The molecule has 5 rings (SSSR count). The minimum Gasteiger partial charge on any atom is -0.324 e. The van der Waals surface area contributed by atoms with Crippen LogP contribution >= 0.6 is 0 Å². The highest BCUT2D eigenvalue weighted by Gasteiger charge is 2.20. The van der Waals surface area contributed by atoms with E-state index in [1.165, 1.54) is 17.2 Å². The molecule has 0 aliphatic carbocycles. The van der Waals surface area contributed by atoms with Crippen LogP contribution in [0.3, 0.4) is 0 Å². The Morgan fingerprint density at radius 2 is 2.00 bits per heavy atom. The third-order valence-corrected chi connectivity index (χ3v) is 5.85. The Morgan fingerprint density at radius 3 is 2.78 bits per heavy atom. The molecule has 0 spiro atoms. The molecule has 0 saturated carbocycles. The van der Waals surface area contributed by atoms with Crippen molar-refractivity contribution in [3.8, 4) is 5.69 Å². The first-order valence-electron chi connectivity index (χ1n) is 10.8. The highest BCUT2D eigenvalue weighted by molar-refractivity contribution is 5.77. The molecular weight excluding hydrogens is 407 g/mol. The van der Waals surface area contributed by atoms with Crippen molar-refractivity contribution in [1.82, 2.24) is 24.6 Å². The SMILES string of the molecule is Cc1cc(-n2c3nc(Nc4ccc5c(c4)CCNC5)ncc3c(=O)n2C(C)C)ccc1F. The summed E-state index contributed by atoms with van der Waals surface area (Å²) in [6, 6.07) is 10.9. The van der Waals surface area contributed by atoms with Crippen LogP contribution in [0.2, 0.25) is 0 Å². The predicted octanol–water partition coefficient (Wildman–Crippen LogP) is 4.00. The average molecular weight is 433 g/mol. The predicted molar refractivity (Wildman–Crippen MR) is 123 cm³/mol. The van der Waals surface area contributed by atoms with E-state index in [4.69, 9.17) is 0 Å². The molecule has 0 bridgehead atoms. The van der Waals surface area contributed by atoms with E-state index in [0.717, 1.165) is 25.2 Å². The number of aryl methyl sites for hydroxylation is 1. The third-order valence-electron chi connectivity index (χ3n) is 5.85. The number of anilines is 2. The van der Waals surface area contributed by atoms with Gasteiger partial charge in [-0.05, 0) is 80.8 Å². The number of nitrogens with zero attached hydrogens (tertiary/aromatic N) is 4. The van der Waals surface area contributed by atoms with Gasteiger partial charge in [-0.1, -0.05) is 6.07 Å². The van der Waals surface area contributed by atoms with Crippen LogP contribution in [0, 0.1) is 12.7 Å². The summed E-state index contributed by atoms with van der Waals surface area (Å²) in [5.41, 5.74) is 4.99. The fourth-order valence-electron chi connectivity index (χ4n) is 4.22. The van der Waals surface area contributed by atoms with E-state index >= 15 is 0 Å². The monoisotopic (exact) mass is 432 g/mol. The maximum absolute atomic E-state index is 13.9. The van der Waals surface area contributed by atoms with Crippen molar-refractivity contribution >= 4 is 22.7 Å². The molecule has 164 valence electrons. The molecule has 8 heteroatoms. The number of rotatable bonds is 4. The first-order chi connectivity index (χ1) is 15.4. The maximum atomic E-state index is 13.9. The van der Waals surface area contributed by atoms with Crippen LogP contribution in [0.1, 0.15) is 36.6 Å². The highest BCUT2D eigenvalue weighted by Crippen LogP contribution is 2.24. The second kappa shape index (κ2) is 7.87. The molecule has 2 aromatic heterocycles. The standard InChI is InChI=1S/C24H25FN6O/c1-14(2)30-23(32)20-13-27-24(28-18-5-4-17-12-26-9-8-16(17)11-18)29-22(20)31(30)19-6-7-21(25)15(3)10-19/h4-7,10-11,13-14,26H,8-9,12H2,1-3H3,(H,27,28,29). The van der Waals surface area contributed by atoms with Gasteiger partial charge >= 0.3 is 0 Å². The molecule has 0 atom stereocenters. The van der Waals surface area contributed by atoms with Gasteiger partial charge in [0.1, 0.15) is 11.2 Å². The van der Waals surface area contributed by atoms with E-state index in [-0.39, 0.29) is 17.4 Å². The number of nitrogens with one attached hydrogen (secondary N) is 2. The molecule has 2 aromatic carbocycles. The summed E-state index contributed by atoms with van der Waals surface area (Å²) in [5, 5.41) is 7.07. The lowest BCUT2D eigenvalue weighted by atomic mass is 10.0. The Kier molecular flexibility index (Phi) is 5.01. The van der Waals surface area contributed by atoms with Crippen LogP contribution in [0.5, 0.6) is 0 Å². The minimum atomic E-state index is -0.289. The number of benzene rings is 2. The van der Waals surface area contributed by atoms with Crippen molar-refractivity contribution in [2.24, 2.45) is 0 Å². The van der Waals surface area contributed by atoms with Crippen LogP contribution in [0.25, 0.3) is 16.7 Å². The molecule has 4 aromatic rings. The Balaban J connectivity index is 1.63. The van der Waals surface area contributed by atoms with Crippen LogP contribution in [0.4, 0.5) is 16.0 Å². The van der Waals surface area contributed by atoms with Gasteiger partial charge in [0.25, 0.3) is 5.56 Å². The largest absolute Gasteiger partial charge is 0.324 e. The lowest BCUT2D eigenvalue weighted by molar-refractivity contribution is 0.475. The Bertz CT molecular complexity index is 1390. The third kappa shape index (κ3) is 3.46. The number of hydrogen-bond donors (Lipinski definition) is 2. The smallest absolute Gasteiger partial charge is 0.278 e. The van der Waals surface area contributed by atoms with Crippen molar-refractivity contribution in [2.75, 3.05) is 11.9 Å².